The number of benzene rings is 2. The minimum absolute atomic E-state index is 0.0685. The lowest BCUT2D eigenvalue weighted by molar-refractivity contribution is 0.139. The second-order valence-corrected chi connectivity index (χ2v) is 6.48. The van der Waals surface area contributed by atoms with Crippen molar-refractivity contribution < 1.29 is 9.53 Å². The number of fused-ring (bicyclic) bond motifs is 1. The molecule has 6 nitrogen and oxygen atoms in total. The first-order valence-corrected chi connectivity index (χ1v) is 8.53. The molecule has 1 aromatic heterocycles. The van der Waals surface area contributed by atoms with Crippen LogP contribution < -0.4 is 11.3 Å². The van der Waals surface area contributed by atoms with Gasteiger partial charge in [-0.15, -0.1) is 0 Å². The van der Waals surface area contributed by atoms with E-state index < -0.39 is 6.09 Å². The fraction of sp³-hybridized carbons (Fsp3) is 0.211. The van der Waals surface area contributed by atoms with Crippen LogP contribution in [0.1, 0.15) is 12.7 Å². The number of carbonyl (C=O) groups excluding carboxylic acids is 1. The Morgan fingerprint density at radius 1 is 1.23 bits per heavy atom. The van der Waals surface area contributed by atoms with Crippen LogP contribution in [0.15, 0.2) is 53.3 Å². The first kappa shape index (κ1) is 17.9. The van der Waals surface area contributed by atoms with Crippen LogP contribution in [-0.4, -0.2) is 22.3 Å². The van der Waals surface area contributed by atoms with Crippen molar-refractivity contribution in [2.45, 2.75) is 13.3 Å². The third kappa shape index (κ3) is 3.70. The zero-order chi connectivity index (χ0) is 18.7. The van der Waals surface area contributed by atoms with Crippen molar-refractivity contribution in [3.05, 3.63) is 69.7 Å². The van der Waals surface area contributed by atoms with E-state index >= 15 is 0 Å². The number of amides is 1. The second kappa shape index (κ2) is 7.58. The van der Waals surface area contributed by atoms with Crippen LogP contribution in [0.2, 0.25) is 5.02 Å². The van der Waals surface area contributed by atoms with Gasteiger partial charge in [-0.2, -0.15) is 0 Å². The van der Waals surface area contributed by atoms with E-state index in [1.165, 1.54) is 0 Å². The molecule has 0 fully saturated rings. The Balaban J connectivity index is 2.14. The molecule has 2 aromatic carbocycles. The summed E-state index contributed by atoms with van der Waals surface area (Å²) in [5.74, 6) is 0.498. The molecular weight excluding hydrogens is 354 g/mol. The van der Waals surface area contributed by atoms with E-state index in [0.717, 1.165) is 0 Å². The minimum atomic E-state index is -0.824. The van der Waals surface area contributed by atoms with Gasteiger partial charge >= 0.3 is 6.09 Å². The van der Waals surface area contributed by atoms with Crippen molar-refractivity contribution in [3.8, 4) is 5.69 Å². The molecular formula is C19H18ClN3O3. The van der Waals surface area contributed by atoms with E-state index in [0.29, 0.717) is 33.9 Å². The molecule has 3 aromatic rings. The fourth-order valence-corrected chi connectivity index (χ4v) is 3.06. The number of para-hydroxylation sites is 1. The van der Waals surface area contributed by atoms with Gasteiger partial charge in [-0.1, -0.05) is 42.8 Å². The highest BCUT2D eigenvalue weighted by Crippen LogP contribution is 2.21. The van der Waals surface area contributed by atoms with E-state index in [1.54, 1.807) is 22.8 Å². The van der Waals surface area contributed by atoms with E-state index in [-0.39, 0.29) is 18.1 Å². The third-order valence-electron chi connectivity index (χ3n) is 3.97. The largest absolute Gasteiger partial charge is 0.449 e. The lowest BCUT2D eigenvalue weighted by Gasteiger charge is -2.17. The standard InChI is InChI=1S/C19H18ClN3O3/c1-12(11-26-19(21)25)10-16-22-15-9-5-8-14(20)17(15)18(24)23(16)13-6-3-2-4-7-13/h2-9,12H,10-11H2,1H3,(H2,21,25)/t12-/m0/s1. The Bertz CT molecular complexity index is 1000. The molecule has 0 bridgehead atoms. The third-order valence-corrected chi connectivity index (χ3v) is 4.29. The average molecular weight is 372 g/mol. The lowest BCUT2D eigenvalue weighted by Crippen LogP contribution is -2.26. The molecule has 1 amide bonds. The summed E-state index contributed by atoms with van der Waals surface area (Å²) in [6, 6.07) is 14.4. The van der Waals surface area contributed by atoms with Gasteiger partial charge in [-0.05, 0) is 30.2 Å². The predicted molar refractivity (Wildman–Crippen MR) is 101 cm³/mol. The molecule has 0 spiro atoms. The zero-order valence-electron chi connectivity index (χ0n) is 14.2. The van der Waals surface area contributed by atoms with Crippen LogP contribution in [0.3, 0.4) is 0 Å². The molecule has 0 aliphatic rings. The van der Waals surface area contributed by atoms with E-state index in [9.17, 15) is 9.59 Å². The summed E-state index contributed by atoms with van der Waals surface area (Å²) in [6.07, 6.45) is -0.393. The second-order valence-electron chi connectivity index (χ2n) is 6.08. The number of nitrogens with two attached hydrogens (primary N) is 1. The van der Waals surface area contributed by atoms with Crippen LogP contribution in [0.5, 0.6) is 0 Å². The van der Waals surface area contributed by atoms with Crippen LogP contribution in [0, 0.1) is 5.92 Å². The zero-order valence-corrected chi connectivity index (χ0v) is 14.9. The molecule has 2 N–H and O–H groups in total. The molecule has 0 saturated heterocycles. The minimum Gasteiger partial charge on any atom is -0.449 e. The van der Waals surface area contributed by atoms with Crippen molar-refractivity contribution in [3.63, 3.8) is 0 Å². The SMILES string of the molecule is C[C@H](COC(N)=O)Cc1nc2cccc(Cl)c2c(=O)n1-c1ccccc1. The van der Waals surface area contributed by atoms with Crippen LogP contribution >= 0.6 is 11.6 Å². The number of hydrogen-bond acceptors (Lipinski definition) is 4. The maximum absolute atomic E-state index is 13.2. The summed E-state index contributed by atoms with van der Waals surface area (Å²) in [4.78, 5) is 28.6. The Hall–Kier alpha value is -2.86. The molecule has 1 heterocycles. The predicted octanol–water partition coefficient (Wildman–Crippen LogP) is 3.31. The van der Waals surface area contributed by atoms with E-state index in [2.05, 4.69) is 4.98 Å². The van der Waals surface area contributed by atoms with Crippen LogP contribution in [0.4, 0.5) is 4.79 Å². The number of primary amides is 1. The summed E-state index contributed by atoms with van der Waals surface area (Å²) in [5.41, 5.74) is 6.03. The molecule has 0 unspecified atom stereocenters. The van der Waals surface area contributed by atoms with Gasteiger partial charge in [0, 0.05) is 6.42 Å². The number of hydrogen-bond donors (Lipinski definition) is 1. The van der Waals surface area contributed by atoms with Crippen LogP contribution in [0.25, 0.3) is 16.6 Å². The first-order valence-electron chi connectivity index (χ1n) is 8.15. The van der Waals surface area contributed by atoms with Gasteiger partial charge in [-0.25, -0.2) is 9.78 Å². The Morgan fingerprint density at radius 2 is 1.96 bits per heavy atom. The molecule has 3 rings (SSSR count). The van der Waals surface area contributed by atoms with Gasteiger partial charge < -0.3 is 10.5 Å². The van der Waals surface area contributed by atoms with Crippen molar-refractivity contribution >= 4 is 28.6 Å². The molecule has 1 atom stereocenters. The molecule has 0 radical (unpaired) electrons. The van der Waals surface area contributed by atoms with Gasteiger partial charge in [0.05, 0.1) is 28.2 Å². The number of halogens is 1. The number of rotatable bonds is 5. The monoisotopic (exact) mass is 371 g/mol. The maximum atomic E-state index is 13.2. The molecule has 0 aliphatic carbocycles. The van der Waals surface area contributed by atoms with Crippen molar-refractivity contribution in [2.75, 3.05) is 6.61 Å². The summed E-state index contributed by atoms with van der Waals surface area (Å²) < 4.78 is 6.41. The quantitative estimate of drug-likeness (QED) is 0.745. The summed E-state index contributed by atoms with van der Waals surface area (Å²) in [6.45, 7) is 2.04. The highest BCUT2D eigenvalue weighted by atomic mass is 35.5. The Kier molecular flexibility index (Phi) is 5.23. The number of nitrogens with zero attached hydrogens (tertiary/aromatic N) is 2. The molecule has 0 aliphatic heterocycles. The average Bonchev–Trinajstić information content (AvgIpc) is 2.61. The van der Waals surface area contributed by atoms with Crippen molar-refractivity contribution in [1.29, 1.82) is 0 Å². The summed E-state index contributed by atoms with van der Waals surface area (Å²) in [7, 11) is 0. The number of carbonyl (C=O) groups is 1. The van der Waals surface area contributed by atoms with Gasteiger partial charge in [0.1, 0.15) is 5.82 Å². The Labute approximate surface area is 155 Å². The maximum Gasteiger partial charge on any atom is 0.404 e. The Morgan fingerprint density at radius 3 is 2.65 bits per heavy atom. The molecule has 26 heavy (non-hydrogen) atoms. The number of aromatic nitrogens is 2. The molecule has 134 valence electrons. The smallest absolute Gasteiger partial charge is 0.404 e. The van der Waals surface area contributed by atoms with Crippen molar-refractivity contribution in [2.24, 2.45) is 11.7 Å². The summed E-state index contributed by atoms with van der Waals surface area (Å²) in [5, 5.41) is 0.740. The fourth-order valence-electron chi connectivity index (χ4n) is 2.81. The van der Waals surface area contributed by atoms with Gasteiger partial charge in [0.25, 0.3) is 5.56 Å². The molecule has 7 heteroatoms. The highest BCUT2D eigenvalue weighted by Gasteiger charge is 2.17. The van der Waals surface area contributed by atoms with E-state index in [1.807, 2.05) is 37.3 Å². The topological polar surface area (TPSA) is 87.2 Å². The normalized spacial score (nSPS) is 12.1. The first-order chi connectivity index (χ1) is 12.5. The van der Waals surface area contributed by atoms with Crippen LogP contribution in [-0.2, 0) is 11.2 Å². The van der Waals surface area contributed by atoms with Gasteiger partial charge in [0.15, 0.2) is 0 Å². The van der Waals surface area contributed by atoms with Gasteiger partial charge in [0.2, 0.25) is 0 Å². The molecule has 0 saturated carbocycles. The number of ether oxygens (including phenoxy) is 1. The van der Waals surface area contributed by atoms with E-state index in [4.69, 9.17) is 22.1 Å². The van der Waals surface area contributed by atoms with Gasteiger partial charge in [-0.3, -0.25) is 9.36 Å². The summed E-state index contributed by atoms with van der Waals surface area (Å²) >= 11 is 6.24. The highest BCUT2D eigenvalue weighted by molar-refractivity contribution is 6.35. The lowest BCUT2D eigenvalue weighted by atomic mass is 10.1. The van der Waals surface area contributed by atoms with Crippen molar-refractivity contribution in [1.82, 2.24) is 9.55 Å².